The highest BCUT2D eigenvalue weighted by atomic mass is 15.1. The van der Waals surface area contributed by atoms with Crippen molar-refractivity contribution in [3.63, 3.8) is 0 Å². The van der Waals surface area contributed by atoms with Crippen LogP contribution in [0.3, 0.4) is 0 Å². The van der Waals surface area contributed by atoms with E-state index in [1.54, 1.807) is 12.3 Å². The Hall–Kier alpha value is -2.08. The molecule has 3 heteroatoms. The molecule has 0 saturated carbocycles. The van der Waals surface area contributed by atoms with Crippen LogP contribution in [0.4, 0.5) is 0 Å². The van der Waals surface area contributed by atoms with Crippen LogP contribution in [0.15, 0.2) is 36.7 Å². The first kappa shape index (κ1) is 12.4. The highest BCUT2D eigenvalue weighted by molar-refractivity contribution is 5.58. The van der Waals surface area contributed by atoms with Crippen molar-refractivity contribution in [2.45, 2.75) is 27.3 Å². The Labute approximate surface area is 108 Å². The quantitative estimate of drug-likeness (QED) is 0.805. The van der Waals surface area contributed by atoms with Crippen molar-refractivity contribution in [3.8, 4) is 17.5 Å². The number of benzene rings is 1. The number of rotatable bonds is 2. The van der Waals surface area contributed by atoms with Gasteiger partial charge in [-0.15, -0.1) is 0 Å². The second-order valence-electron chi connectivity index (χ2n) is 5.63. The fraction of sp³-hybridized carbons (Fsp3) is 0.333. The Morgan fingerprint density at radius 1 is 1.33 bits per heavy atom. The normalized spacial score (nSPS) is 11.2. The Bertz CT molecular complexity index is 582. The summed E-state index contributed by atoms with van der Waals surface area (Å²) in [6.07, 6.45) is 3.79. The number of nitriles is 1. The average Bonchev–Trinajstić information content (AvgIpc) is 2.75. The third-order valence-corrected chi connectivity index (χ3v) is 2.61. The lowest BCUT2D eigenvalue weighted by molar-refractivity contribution is 0.345. The molecule has 0 saturated heterocycles. The van der Waals surface area contributed by atoms with E-state index in [4.69, 9.17) is 5.26 Å². The molecule has 92 valence electrons. The van der Waals surface area contributed by atoms with E-state index < -0.39 is 0 Å². The molecule has 0 aliphatic carbocycles. The number of aromatic nitrogens is 2. The summed E-state index contributed by atoms with van der Waals surface area (Å²) in [5, 5.41) is 8.94. The van der Waals surface area contributed by atoms with E-state index in [-0.39, 0.29) is 5.41 Å². The monoisotopic (exact) mass is 239 g/mol. The molecular weight excluding hydrogens is 222 g/mol. The van der Waals surface area contributed by atoms with Crippen molar-refractivity contribution in [2.75, 3.05) is 0 Å². The van der Waals surface area contributed by atoms with Crippen LogP contribution in [0, 0.1) is 16.7 Å². The second kappa shape index (κ2) is 4.66. The van der Waals surface area contributed by atoms with Crippen molar-refractivity contribution in [1.29, 1.82) is 5.26 Å². The maximum atomic E-state index is 8.94. The Balaban J connectivity index is 2.40. The molecule has 0 unspecified atom stereocenters. The van der Waals surface area contributed by atoms with Gasteiger partial charge in [0.1, 0.15) is 5.82 Å². The lowest BCUT2D eigenvalue weighted by atomic mass is 9.96. The minimum Gasteiger partial charge on any atom is -0.330 e. The van der Waals surface area contributed by atoms with Gasteiger partial charge in [0.2, 0.25) is 0 Å². The summed E-state index contributed by atoms with van der Waals surface area (Å²) in [7, 11) is 0. The van der Waals surface area contributed by atoms with Crippen LogP contribution in [-0.4, -0.2) is 9.55 Å². The molecule has 1 aromatic carbocycles. The van der Waals surface area contributed by atoms with Gasteiger partial charge in [-0.05, 0) is 17.5 Å². The van der Waals surface area contributed by atoms with Crippen LogP contribution < -0.4 is 0 Å². The zero-order valence-electron chi connectivity index (χ0n) is 11.0. The minimum atomic E-state index is 0.197. The molecule has 0 atom stereocenters. The molecule has 2 rings (SSSR count). The molecule has 0 bridgehead atoms. The standard InChI is InChI=1S/C15H17N3/c1-15(2,3)11-18-8-7-17-14(18)13-6-4-5-12(9-13)10-16/h4-9H,11H2,1-3H3. The summed E-state index contributed by atoms with van der Waals surface area (Å²) in [4.78, 5) is 4.40. The van der Waals surface area contributed by atoms with E-state index in [1.165, 1.54) is 0 Å². The van der Waals surface area contributed by atoms with Crippen LogP contribution in [-0.2, 0) is 6.54 Å². The number of hydrogen-bond donors (Lipinski definition) is 0. The molecule has 1 heterocycles. The van der Waals surface area contributed by atoms with Crippen molar-refractivity contribution in [3.05, 3.63) is 42.2 Å². The number of imidazole rings is 1. The smallest absolute Gasteiger partial charge is 0.139 e. The summed E-state index contributed by atoms with van der Waals surface area (Å²) in [5.74, 6) is 0.919. The van der Waals surface area contributed by atoms with Gasteiger partial charge in [0.15, 0.2) is 0 Å². The molecule has 0 N–H and O–H groups in total. The summed E-state index contributed by atoms with van der Waals surface area (Å²) < 4.78 is 2.14. The molecule has 18 heavy (non-hydrogen) atoms. The molecule has 0 spiro atoms. The lowest BCUT2D eigenvalue weighted by Gasteiger charge is -2.20. The second-order valence-corrected chi connectivity index (χ2v) is 5.63. The van der Waals surface area contributed by atoms with Gasteiger partial charge >= 0.3 is 0 Å². The zero-order chi connectivity index (χ0) is 13.2. The SMILES string of the molecule is CC(C)(C)Cn1ccnc1-c1cccc(C#N)c1. The first-order valence-electron chi connectivity index (χ1n) is 6.01. The van der Waals surface area contributed by atoms with Crippen molar-refractivity contribution in [2.24, 2.45) is 5.41 Å². The van der Waals surface area contributed by atoms with E-state index >= 15 is 0 Å². The predicted molar refractivity (Wildman–Crippen MR) is 71.8 cm³/mol. The summed E-state index contributed by atoms with van der Waals surface area (Å²) in [5.41, 5.74) is 1.85. The molecule has 0 radical (unpaired) electrons. The molecule has 0 fully saturated rings. The van der Waals surface area contributed by atoms with Gasteiger partial charge in [0, 0.05) is 24.5 Å². The van der Waals surface area contributed by atoms with Gasteiger partial charge in [-0.2, -0.15) is 5.26 Å². The fourth-order valence-corrected chi connectivity index (χ4v) is 1.94. The van der Waals surface area contributed by atoms with Gasteiger partial charge < -0.3 is 4.57 Å². The maximum absolute atomic E-state index is 8.94. The largest absolute Gasteiger partial charge is 0.330 e. The van der Waals surface area contributed by atoms with Crippen LogP contribution in [0.25, 0.3) is 11.4 Å². The lowest BCUT2D eigenvalue weighted by Crippen LogP contribution is -2.15. The van der Waals surface area contributed by atoms with Gasteiger partial charge in [-0.3, -0.25) is 0 Å². The highest BCUT2D eigenvalue weighted by Crippen LogP contribution is 2.23. The first-order chi connectivity index (χ1) is 8.49. The predicted octanol–water partition coefficient (Wildman–Crippen LogP) is 3.47. The fourth-order valence-electron chi connectivity index (χ4n) is 1.94. The van der Waals surface area contributed by atoms with Gasteiger partial charge in [-0.1, -0.05) is 32.9 Å². The van der Waals surface area contributed by atoms with Gasteiger partial charge in [-0.25, -0.2) is 4.98 Å². The molecule has 2 aromatic rings. The minimum absolute atomic E-state index is 0.197. The molecule has 1 aromatic heterocycles. The van der Waals surface area contributed by atoms with E-state index in [0.29, 0.717) is 5.56 Å². The van der Waals surface area contributed by atoms with Gasteiger partial charge in [0.05, 0.1) is 11.6 Å². The van der Waals surface area contributed by atoms with E-state index in [1.807, 2.05) is 24.4 Å². The zero-order valence-corrected chi connectivity index (χ0v) is 11.0. The van der Waals surface area contributed by atoms with Crippen LogP contribution >= 0.6 is 0 Å². The number of hydrogen-bond acceptors (Lipinski definition) is 2. The van der Waals surface area contributed by atoms with Crippen molar-refractivity contribution in [1.82, 2.24) is 9.55 Å². The molecule has 0 amide bonds. The Morgan fingerprint density at radius 2 is 2.11 bits per heavy atom. The van der Waals surface area contributed by atoms with E-state index in [9.17, 15) is 0 Å². The van der Waals surface area contributed by atoms with E-state index in [2.05, 4.69) is 36.4 Å². The van der Waals surface area contributed by atoms with Crippen LogP contribution in [0.1, 0.15) is 26.3 Å². The van der Waals surface area contributed by atoms with Crippen molar-refractivity contribution < 1.29 is 0 Å². The molecular formula is C15H17N3. The van der Waals surface area contributed by atoms with Gasteiger partial charge in [0.25, 0.3) is 0 Å². The molecule has 0 aliphatic rings. The highest BCUT2D eigenvalue weighted by Gasteiger charge is 2.14. The Morgan fingerprint density at radius 3 is 2.78 bits per heavy atom. The van der Waals surface area contributed by atoms with Crippen LogP contribution in [0.5, 0.6) is 0 Å². The Kier molecular flexibility index (Phi) is 3.20. The third-order valence-electron chi connectivity index (χ3n) is 2.61. The molecule has 3 nitrogen and oxygen atoms in total. The maximum Gasteiger partial charge on any atom is 0.139 e. The third kappa shape index (κ3) is 2.78. The first-order valence-corrected chi connectivity index (χ1v) is 6.01. The topological polar surface area (TPSA) is 41.6 Å². The summed E-state index contributed by atoms with van der Waals surface area (Å²) in [6.45, 7) is 7.49. The molecule has 0 aliphatic heterocycles. The summed E-state index contributed by atoms with van der Waals surface area (Å²) in [6, 6.07) is 9.72. The van der Waals surface area contributed by atoms with Crippen LogP contribution in [0.2, 0.25) is 0 Å². The van der Waals surface area contributed by atoms with Crippen molar-refractivity contribution >= 4 is 0 Å². The summed E-state index contributed by atoms with van der Waals surface area (Å²) >= 11 is 0. The number of nitrogens with zero attached hydrogens (tertiary/aromatic N) is 3. The average molecular weight is 239 g/mol. The van der Waals surface area contributed by atoms with E-state index in [0.717, 1.165) is 17.9 Å².